The Morgan fingerprint density at radius 1 is 1.47 bits per heavy atom. The number of aromatic hydroxyl groups is 1. The normalized spacial score (nSPS) is 12.1. The molecule has 0 spiro atoms. The van der Waals surface area contributed by atoms with Gasteiger partial charge in [0.1, 0.15) is 5.75 Å². The van der Waals surface area contributed by atoms with Crippen LogP contribution in [0.15, 0.2) is 35.7 Å². The maximum atomic E-state index is 10.5. The topological polar surface area (TPSA) is 49.3 Å². The molecule has 0 aliphatic carbocycles. The van der Waals surface area contributed by atoms with E-state index in [0.717, 1.165) is 0 Å². The van der Waals surface area contributed by atoms with Gasteiger partial charge < -0.3 is 10.4 Å². The molecule has 80 valence electrons. The van der Waals surface area contributed by atoms with Gasteiger partial charge in [0.2, 0.25) is 5.91 Å². The van der Waals surface area contributed by atoms with Gasteiger partial charge in [0.05, 0.1) is 5.69 Å². The Balaban J connectivity index is 0.000000234. The highest BCUT2D eigenvalue weighted by molar-refractivity contribution is 8.03. The number of rotatable bonds is 1. The molecule has 1 aromatic rings. The first-order chi connectivity index (χ1) is 7.20. The number of nitrogens with one attached hydrogen (secondary N) is 1. The fraction of sp³-hybridized carbons (Fsp3) is 0.182. The molecule has 0 aromatic heterocycles. The van der Waals surface area contributed by atoms with Crippen molar-refractivity contribution < 1.29 is 9.90 Å². The van der Waals surface area contributed by atoms with Crippen LogP contribution in [0.3, 0.4) is 0 Å². The van der Waals surface area contributed by atoms with Crippen LogP contribution >= 0.6 is 11.8 Å². The van der Waals surface area contributed by atoms with E-state index in [1.54, 1.807) is 18.2 Å². The summed E-state index contributed by atoms with van der Waals surface area (Å²) in [5.41, 5.74) is 0.444. The van der Waals surface area contributed by atoms with E-state index in [4.69, 9.17) is 5.11 Å². The van der Waals surface area contributed by atoms with Crippen molar-refractivity contribution in [3.05, 3.63) is 35.7 Å². The van der Waals surface area contributed by atoms with Crippen molar-refractivity contribution in [3.63, 3.8) is 0 Å². The first kappa shape index (κ1) is 11.7. The Bertz CT molecular complexity index is 357. The van der Waals surface area contributed by atoms with Crippen LogP contribution in [0.25, 0.3) is 0 Å². The number of para-hydroxylation sites is 2. The highest BCUT2D eigenvalue weighted by Crippen LogP contribution is 2.20. The van der Waals surface area contributed by atoms with Crippen LogP contribution in [0.5, 0.6) is 5.75 Å². The maximum absolute atomic E-state index is 10.5. The first-order valence-corrected chi connectivity index (χ1v) is 5.57. The zero-order valence-electron chi connectivity index (χ0n) is 8.43. The quantitative estimate of drug-likeness (QED) is 0.719. The minimum atomic E-state index is -0.188. The summed E-state index contributed by atoms with van der Waals surface area (Å²) in [6.07, 6.45) is 2.14. The highest BCUT2D eigenvalue weighted by Gasteiger charge is 1.98. The van der Waals surface area contributed by atoms with E-state index in [-0.39, 0.29) is 11.7 Å². The van der Waals surface area contributed by atoms with Gasteiger partial charge in [0, 0.05) is 12.7 Å². The van der Waals surface area contributed by atoms with E-state index in [9.17, 15) is 4.79 Å². The molecule has 3 nitrogen and oxygen atoms in total. The van der Waals surface area contributed by atoms with Crippen molar-refractivity contribution in [2.45, 2.75) is 6.92 Å². The predicted octanol–water partition coefficient (Wildman–Crippen LogP) is 2.60. The minimum absolute atomic E-state index is 0.0858. The number of carbonyl (C=O) groups excluding carboxylic acids is 1. The number of amides is 1. The Labute approximate surface area is 93.2 Å². The van der Waals surface area contributed by atoms with Gasteiger partial charge in [0.25, 0.3) is 0 Å². The van der Waals surface area contributed by atoms with Gasteiger partial charge in [-0.15, -0.1) is 11.8 Å². The summed E-state index contributed by atoms with van der Waals surface area (Å²) in [4.78, 5) is 10.5. The molecule has 0 atom stereocenters. The SMILES string of the molecule is C1=CSC1.CC(=O)Nc1ccccc1O. The summed E-state index contributed by atoms with van der Waals surface area (Å²) in [6, 6.07) is 6.59. The summed E-state index contributed by atoms with van der Waals surface area (Å²) in [6.45, 7) is 1.40. The van der Waals surface area contributed by atoms with E-state index in [0.29, 0.717) is 5.69 Å². The molecular formula is C11H13NO2S. The first-order valence-electron chi connectivity index (χ1n) is 4.52. The molecule has 15 heavy (non-hydrogen) atoms. The van der Waals surface area contributed by atoms with E-state index in [1.807, 2.05) is 11.8 Å². The van der Waals surface area contributed by atoms with E-state index in [2.05, 4.69) is 16.8 Å². The van der Waals surface area contributed by atoms with Crippen molar-refractivity contribution in [1.29, 1.82) is 0 Å². The Morgan fingerprint density at radius 3 is 2.40 bits per heavy atom. The number of benzene rings is 1. The average molecular weight is 223 g/mol. The molecule has 0 fully saturated rings. The molecule has 1 aliphatic rings. The molecule has 0 saturated heterocycles. The van der Waals surface area contributed by atoms with Crippen molar-refractivity contribution in [2.24, 2.45) is 0 Å². The van der Waals surface area contributed by atoms with E-state index in [1.165, 1.54) is 18.7 Å². The third-order valence-corrected chi connectivity index (χ3v) is 2.37. The number of phenols is 1. The predicted molar refractivity (Wildman–Crippen MR) is 64.0 cm³/mol. The number of phenolic OH excluding ortho intramolecular Hbond substituents is 1. The highest BCUT2D eigenvalue weighted by atomic mass is 32.2. The zero-order valence-corrected chi connectivity index (χ0v) is 9.25. The molecule has 0 saturated carbocycles. The summed E-state index contributed by atoms with van der Waals surface area (Å²) in [5.74, 6) is 1.13. The lowest BCUT2D eigenvalue weighted by Crippen LogP contribution is -2.05. The van der Waals surface area contributed by atoms with Gasteiger partial charge in [-0.05, 0) is 17.5 Å². The average Bonchev–Trinajstić information content (AvgIpc) is 2.05. The lowest BCUT2D eigenvalue weighted by atomic mass is 10.3. The van der Waals surface area contributed by atoms with E-state index < -0.39 is 0 Å². The van der Waals surface area contributed by atoms with E-state index >= 15 is 0 Å². The summed E-state index contributed by atoms with van der Waals surface area (Å²) >= 11 is 1.86. The Kier molecular flexibility index (Phi) is 4.77. The summed E-state index contributed by atoms with van der Waals surface area (Å²) in [5, 5.41) is 13.7. The molecule has 2 N–H and O–H groups in total. The summed E-state index contributed by atoms with van der Waals surface area (Å²) < 4.78 is 0. The van der Waals surface area contributed by atoms with Gasteiger partial charge in [-0.3, -0.25) is 4.79 Å². The van der Waals surface area contributed by atoms with Gasteiger partial charge in [-0.2, -0.15) is 0 Å². The van der Waals surface area contributed by atoms with Crippen molar-refractivity contribution in [3.8, 4) is 5.75 Å². The molecule has 0 radical (unpaired) electrons. The van der Waals surface area contributed by atoms with Crippen LogP contribution in [0, 0.1) is 0 Å². The Morgan fingerprint density at radius 2 is 2.00 bits per heavy atom. The summed E-state index contributed by atoms with van der Waals surface area (Å²) in [7, 11) is 0. The van der Waals surface area contributed by atoms with Gasteiger partial charge in [-0.25, -0.2) is 0 Å². The van der Waals surface area contributed by atoms with Crippen molar-refractivity contribution in [2.75, 3.05) is 11.1 Å². The fourth-order valence-electron chi connectivity index (χ4n) is 0.865. The molecule has 0 unspecified atom stereocenters. The minimum Gasteiger partial charge on any atom is -0.506 e. The van der Waals surface area contributed by atoms with Gasteiger partial charge in [0.15, 0.2) is 0 Å². The van der Waals surface area contributed by atoms with Gasteiger partial charge in [-0.1, -0.05) is 18.2 Å². The van der Waals surface area contributed by atoms with Crippen LogP contribution in [-0.2, 0) is 4.79 Å². The molecule has 1 aromatic carbocycles. The second-order valence-corrected chi connectivity index (χ2v) is 3.84. The lowest BCUT2D eigenvalue weighted by Gasteiger charge is -2.02. The second kappa shape index (κ2) is 6.14. The molecule has 2 rings (SSSR count). The molecular weight excluding hydrogens is 210 g/mol. The lowest BCUT2D eigenvalue weighted by molar-refractivity contribution is -0.114. The third kappa shape index (κ3) is 4.56. The number of anilines is 1. The largest absolute Gasteiger partial charge is 0.506 e. The molecule has 1 amide bonds. The van der Waals surface area contributed by atoms with Crippen LogP contribution < -0.4 is 5.32 Å². The smallest absolute Gasteiger partial charge is 0.221 e. The number of carbonyl (C=O) groups is 1. The number of hydrogen-bond donors (Lipinski definition) is 2. The number of hydrogen-bond acceptors (Lipinski definition) is 3. The molecule has 0 bridgehead atoms. The van der Waals surface area contributed by atoms with Crippen LogP contribution in [0.1, 0.15) is 6.92 Å². The van der Waals surface area contributed by atoms with Crippen LogP contribution in [0.2, 0.25) is 0 Å². The monoisotopic (exact) mass is 223 g/mol. The second-order valence-electron chi connectivity index (χ2n) is 2.90. The van der Waals surface area contributed by atoms with Crippen LogP contribution in [0.4, 0.5) is 5.69 Å². The van der Waals surface area contributed by atoms with Crippen LogP contribution in [-0.4, -0.2) is 16.8 Å². The molecule has 4 heteroatoms. The standard InChI is InChI=1S/C8H9NO2.C3H4S/c1-6(10)9-7-4-2-3-5-8(7)11;1-2-4-3-1/h2-5,11H,1H3,(H,9,10);1-2H,3H2. The maximum Gasteiger partial charge on any atom is 0.221 e. The van der Waals surface area contributed by atoms with Crippen molar-refractivity contribution >= 4 is 23.4 Å². The molecule has 1 aliphatic heterocycles. The van der Waals surface area contributed by atoms with Crippen molar-refractivity contribution in [1.82, 2.24) is 0 Å². The van der Waals surface area contributed by atoms with Gasteiger partial charge >= 0.3 is 0 Å². The number of thioether (sulfide) groups is 1. The zero-order chi connectivity index (χ0) is 11.1. The molecule has 1 heterocycles. The fourth-order valence-corrected chi connectivity index (χ4v) is 1.06. The third-order valence-electron chi connectivity index (χ3n) is 1.60. The Hall–Kier alpha value is -1.42.